The van der Waals surface area contributed by atoms with Crippen LogP contribution in [0.1, 0.15) is 54.2 Å². The van der Waals surface area contributed by atoms with E-state index in [0.29, 0.717) is 0 Å². The molecule has 0 unspecified atom stereocenters. The van der Waals surface area contributed by atoms with Gasteiger partial charge >= 0.3 is 17.6 Å². The van der Waals surface area contributed by atoms with Crippen LogP contribution in [0.5, 0.6) is 0 Å². The number of nitrogens with two attached hydrogens (primary N) is 1. The normalized spacial score (nSPS) is 24.4. The number of nitrogen functional groups attached to an aromatic ring is 1. The van der Waals surface area contributed by atoms with Crippen LogP contribution in [-0.4, -0.2) is 40.3 Å². The number of hydrogen-bond acceptors (Lipinski definition) is 8. The van der Waals surface area contributed by atoms with E-state index in [-0.39, 0.29) is 43.6 Å². The summed E-state index contributed by atoms with van der Waals surface area (Å²) >= 11 is 0. The number of hydrogen-bond donors (Lipinski definition) is 1. The number of nitrogens with zero attached hydrogens (tertiary/aromatic N) is 2. The van der Waals surface area contributed by atoms with Crippen molar-refractivity contribution in [3.05, 3.63) is 22.7 Å². The third-order valence-electron chi connectivity index (χ3n) is 5.21. The molecule has 1 aliphatic carbocycles. The van der Waals surface area contributed by atoms with E-state index >= 15 is 0 Å². The molecule has 29 heavy (non-hydrogen) atoms. The maximum Gasteiger partial charge on any atom is 0.351 e. The van der Waals surface area contributed by atoms with Crippen LogP contribution in [0.15, 0.2) is 17.1 Å². The summed E-state index contributed by atoms with van der Waals surface area (Å²) in [6, 6.07) is 1.52. The van der Waals surface area contributed by atoms with Gasteiger partial charge in [-0.25, -0.2) is 4.79 Å². The Balaban J connectivity index is 0.00000300. The van der Waals surface area contributed by atoms with Gasteiger partial charge < -0.3 is 19.9 Å². The highest BCUT2D eigenvalue weighted by atomic mass is 16.6. The molecular weight excluding hydrogens is 378 g/mol. The van der Waals surface area contributed by atoms with E-state index < -0.39 is 29.5 Å². The number of anilines is 1. The summed E-state index contributed by atoms with van der Waals surface area (Å²) in [5.41, 5.74) is 4.50. The van der Waals surface area contributed by atoms with E-state index in [1.54, 1.807) is 27.7 Å². The minimum absolute atomic E-state index is 0. The predicted octanol–water partition coefficient (Wildman–Crippen LogP) is 1.91. The van der Waals surface area contributed by atoms with Crippen LogP contribution >= 0.6 is 0 Å². The molecule has 0 aromatic carbocycles. The maximum absolute atomic E-state index is 12.3. The molecule has 0 radical (unpaired) electrons. The van der Waals surface area contributed by atoms with Gasteiger partial charge in [-0.2, -0.15) is 4.98 Å². The third kappa shape index (κ3) is 4.44. The highest BCUT2D eigenvalue weighted by Crippen LogP contribution is 2.63. The van der Waals surface area contributed by atoms with Crippen molar-refractivity contribution < 1.29 is 23.8 Å². The van der Waals surface area contributed by atoms with Crippen molar-refractivity contribution in [1.82, 2.24) is 9.55 Å². The number of esters is 2. The zero-order chi connectivity index (χ0) is 20.6. The van der Waals surface area contributed by atoms with Crippen LogP contribution < -0.4 is 11.4 Å². The fraction of sp³-hybridized carbons (Fsp3) is 0.700. The lowest BCUT2D eigenvalue weighted by Gasteiger charge is -2.25. The van der Waals surface area contributed by atoms with Gasteiger partial charge in [0.1, 0.15) is 30.9 Å². The molecule has 2 heterocycles. The summed E-state index contributed by atoms with van der Waals surface area (Å²) in [5, 5.41) is 0. The quantitative estimate of drug-likeness (QED) is 0.707. The molecular formula is C20H31N3O6. The van der Waals surface area contributed by atoms with Gasteiger partial charge in [-0.3, -0.25) is 14.2 Å². The number of ether oxygens (including phenoxy) is 3. The lowest BCUT2D eigenvalue weighted by atomic mass is 9.96. The van der Waals surface area contributed by atoms with Gasteiger partial charge in [0.2, 0.25) is 0 Å². The summed E-state index contributed by atoms with van der Waals surface area (Å²) in [5.74, 6) is -1.20. The highest BCUT2D eigenvalue weighted by molar-refractivity contribution is 5.72. The number of aromatic nitrogens is 2. The van der Waals surface area contributed by atoms with E-state index in [9.17, 15) is 14.4 Å². The molecule has 1 spiro atoms. The van der Waals surface area contributed by atoms with Crippen LogP contribution in [0.25, 0.3) is 0 Å². The second-order valence-electron chi connectivity index (χ2n) is 8.10. The predicted molar refractivity (Wildman–Crippen MR) is 106 cm³/mol. The largest absolute Gasteiger partial charge is 0.463 e. The summed E-state index contributed by atoms with van der Waals surface area (Å²) in [6.07, 6.45) is 1.03. The van der Waals surface area contributed by atoms with Gasteiger partial charge in [-0.1, -0.05) is 35.1 Å². The summed E-state index contributed by atoms with van der Waals surface area (Å²) in [6.45, 7) is 6.91. The standard InChI is InChI=1S/C19H27N3O6.CH4/c1-10(2)15(23)26-9-12-14(28-16(24)11(3)4)19(6-7-19)17(27-12)22-8-5-13(20)21-18(22)25;/h5,8,10-12,14,17H,6-7,9H2,1-4H3,(H2,20,21,25);1H4/t12-,14-,17-;/m1./s1. The molecule has 162 valence electrons. The Morgan fingerprint density at radius 3 is 2.41 bits per heavy atom. The average Bonchev–Trinajstić information content (AvgIpc) is 3.36. The molecule has 9 nitrogen and oxygen atoms in total. The molecule has 1 aromatic heterocycles. The van der Waals surface area contributed by atoms with Crippen molar-refractivity contribution >= 4 is 17.8 Å². The van der Waals surface area contributed by atoms with Crippen molar-refractivity contribution in [1.29, 1.82) is 0 Å². The first kappa shape index (κ1) is 22.9. The molecule has 1 saturated heterocycles. The van der Waals surface area contributed by atoms with Crippen molar-refractivity contribution in [2.45, 2.75) is 66.4 Å². The lowest BCUT2D eigenvalue weighted by molar-refractivity contribution is -0.163. The minimum Gasteiger partial charge on any atom is -0.463 e. The fourth-order valence-electron chi connectivity index (χ4n) is 3.42. The van der Waals surface area contributed by atoms with Crippen LogP contribution in [0.3, 0.4) is 0 Å². The van der Waals surface area contributed by atoms with E-state index in [1.807, 2.05) is 0 Å². The zero-order valence-electron chi connectivity index (χ0n) is 16.6. The van der Waals surface area contributed by atoms with Crippen LogP contribution in [0.4, 0.5) is 5.82 Å². The molecule has 2 fully saturated rings. The van der Waals surface area contributed by atoms with Crippen LogP contribution in [-0.2, 0) is 23.8 Å². The van der Waals surface area contributed by atoms with Gasteiger partial charge in [0.15, 0.2) is 0 Å². The SMILES string of the molecule is C.CC(C)C(=O)OC[C@H]1O[C@@H](n2ccc(N)nc2=O)C2(CC2)[C@@H]1OC(=O)C(C)C. The number of carbonyl (C=O) groups excluding carboxylic acids is 2. The first-order chi connectivity index (χ1) is 13.2. The van der Waals surface area contributed by atoms with Crippen LogP contribution in [0, 0.1) is 17.3 Å². The van der Waals surface area contributed by atoms with E-state index in [4.69, 9.17) is 19.9 Å². The van der Waals surface area contributed by atoms with Crippen molar-refractivity contribution in [2.24, 2.45) is 17.3 Å². The summed E-state index contributed by atoms with van der Waals surface area (Å²) in [4.78, 5) is 40.3. The van der Waals surface area contributed by atoms with Crippen LogP contribution in [0.2, 0.25) is 0 Å². The lowest BCUT2D eigenvalue weighted by Crippen LogP contribution is -2.38. The Morgan fingerprint density at radius 2 is 1.90 bits per heavy atom. The number of rotatable bonds is 6. The zero-order valence-corrected chi connectivity index (χ0v) is 16.6. The van der Waals surface area contributed by atoms with E-state index in [0.717, 1.165) is 12.8 Å². The minimum atomic E-state index is -0.666. The van der Waals surface area contributed by atoms with Gasteiger partial charge in [0.25, 0.3) is 0 Å². The van der Waals surface area contributed by atoms with Crippen molar-refractivity contribution in [2.75, 3.05) is 12.3 Å². The molecule has 3 atom stereocenters. The maximum atomic E-state index is 12.3. The monoisotopic (exact) mass is 409 g/mol. The topological polar surface area (TPSA) is 123 Å². The summed E-state index contributed by atoms with van der Waals surface area (Å²) in [7, 11) is 0. The van der Waals surface area contributed by atoms with E-state index in [1.165, 1.54) is 16.8 Å². The Kier molecular flexibility index (Phi) is 6.72. The molecule has 0 bridgehead atoms. The highest BCUT2D eigenvalue weighted by Gasteiger charge is 2.66. The average molecular weight is 409 g/mol. The molecule has 1 saturated carbocycles. The molecule has 3 rings (SSSR count). The van der Waals surface area contributed by atoms with Gasteiger partial charge in [0.05, 0.1) is 17.3 Å². The van der Waals surface area contributed by atoms with Gasteiger partial charge in [-0.05, 0) is 18.9 Å². The first-order valence-corrected chi connectivity index (χ1v) is 9.53. The molecule has 2 aliphatic rings. The molecule has 9 heteroatoms. The second kappa shape index (κ2) is 8.52. The van der Waals surface area contributed by atoms with Crippen molar-refractivity contribution in [3.63, 3.8) is 0 Å². The molecule has 0 amide bonds. The van der Waals surface area contributed by atoms with Gasteiger partial charge in [0, 0.05) is 6.20 Å². The Bertz CT molecular complexity index is 815. The smallest absolute Gasteiger partial charge is 0.351 e. The Labute approximate surface area is 170 Å². The molecule has 2 N–H and O–H groups in total. The Hall–Kier alpha value is -2.42. The first-order valence-electron chi connectivity index (χ1n) is 9.53. The fourth-order valence-corrected chi connectivity index (χ4v) is 3.42. The molecule has 1 aromatic rings. The van der Waals surface area contributed by atoms with Crippen molar-refractivity contribution in [3.8, 4) is 0 Å². The second-order valence-corrected chi connectivity index (χ2v) is 8.10. The Morgan fingerprint density at radius 1 is 1.28 bits per heavy atom. The third-order valence-corrected chi connectivity index (χ3v) is 5.21. The van der Waals surface area contributed by atoms with E-state index in [2.05, 4.69) is 4.98 Å². The summed E-state index contributed by atoms with van der Waals surface area (Å²) < 4.78 is 18.6. The van der Waals surface area contributed by atoms with Gasteiger partial charge in [-0.15, -0.1) is 0 Å². The molecule has 1 aliphatic heterocycles. The number of carbonyl (C=O) groups is 2.